The van der Waals surface area contributed by atoms with Gasteiger partial charge in [-0.1, -0.05) is 69.7 Å². The number of fused-ring (bicyclic) bond motifs is 1. The van der Waals surface area contributed by atoms with Gasteiger partial charge < -0.3 is 10.1 Å². The fourth-order valence-electron chi connectivity index (χ4n) is 4.33. The van der Waals surface area contributed by atoms with Crippen LogP contribution in [0.3, 0.4) is 0 Å². The van der Waals surface area contributed by atoms with E-state index in [1.54, 1.807) is 11.7 Å². The maximum Gasteiger partial charge on any atom is 0.271 e. The minimum absolute atomic E-state index is 0.193. The van der Waals surface area contributed by atoms with E-state index < -0.39 is 6.04 Å². The van der Waals surface area contributed by atoms with Gasteiger partial charge in [0.2, 0.25) is 0 Å². The SMILES string of the molecule is COc1ccc(/C=c2/sc3n(c2=O)[C@@H](c2ccc(Br)cc2)C(C(=O)Nc2ccccc2C)=C(C)N=3)cc1. The molecule has 0 fully saturated rings. The van der Waals surface area contributed by atoms with Crippen LogP contribution in [0, 0.1) is 6.92 Å². The monoisotopic (exact) mass is 573 g/mol. The number of hydrogen-bond donors (Lipinski definition) is 1. The second-order valence-electron chi connectivity index (χ2n) is 8.68. The van der Waals surface area contributed by atoms with Crippen LogP contribution in [0.1, 0.15) is 29.7 Å². The number of anilines is 1. The van der Waals surface area contributed by atoms with Crippen LogP contribution in [0.2, 0.25) is 0 Å². The molecule has 1 amide bonds. The average molecular weight is 575 g/mol. The van der Waals surface area contributed by atoms with Gasteiger partial charge in [0, 0.05) is 10.2 Å². The van der Waals surface area contributed by atoms with E-state index in [9.17, 15) is 9.59 Å². The molecule has 0 unspecified atom stereocenters. The third-order valence-electron chi connectivity index (χ3n) is 6.26. The van der Waals surface area contributed by atoms with Gasteiger partial charge in [-0.15, -0.1) is 0 Å². The third kappa shape index (κ3) is 4.95. The molecule has 5 rings (SSSR count). The summed E-state index contributed by atoms with van der Waals surface area (Å²) in [6, 6.07) is 22.2. The molecular formula is C29H24BrN3O3S. The van der Waals surface area contributed by atoms with E-state index in [2.05, 4.69) is 21.2 Å². The fourth-order valence-corrected chi connectivity index (χ4v) is 5.64. The molecule has 186 valence electrons. The second-order valence-corrected chi connectivity index (χ2v) is 10.6. The quantitative estimate of drug-likeness (QED) is 0.367. The number of para-hydroxylation sites is 1. The number of benzene rings is 3. The van der Waals surface area contributed by atoms with Gasteiger partial charge >= 0.3 is 0 Å². The molecule has 37 heavy (non-hydrogen) atoms. The van der Waals surface area contributed by atoms with Gasteiger partial charge in [-0.05, 0) is 66.9 Å². The summed E-state index contributed by atoms with van der Waals surface area (Å²) in [6.45, 7) is 3.76. The van der Waals surface area contributed by atoms with Gasteiger partial charge in [-0.25, -0.2) is 4.99 Å². The number of carbonyl (C=O) groups is 1. The van der Waals surface area contributed by atoms with Gasteiger partial charge in [-0.3, -0.25) is 14.2 Å². The van der Waals surface area contributed by atoms with E-state index >= 15 is 0 Å². The summed E-state index contributed by atoms with van der Waals surface area (Å²) in [5.41, 5.74) is 4.20. The summed E-state index contributed by atoms with van der Waals surface area (Å²) in [4.78, 5) is 32.7. The van der Waals surface area contributed by atoms with Crippen molar-refractivity contribution >= 4 is 44.9 Å². The van der Waals surface area contributed by atoms with Crippen LogP contribution >= 0.6 is 27.3 Å². The fraction of sp³-hybridized carbons (Fsp3) is 0.138. The topological polar surface area (TPSA) is 72.7 Å². The molecule has 0 saturated carbocycles. The summed E-state index contributed by atoms with van der Waals surface area (Å²) >= 11 is 4.80. The van der Waals surface area contributed by atoms with Crippen molar-refractivity contribution in [2.45, 2.75) is 19.9 Å². The smallest absolute Gasteiger partial charge is 0.271 e. The average Bonchev–Trinajstić information content (AvgIpc) is 3.19. The molecule has 2 heterocycles. The van der Waals surface area contributed by atoms with Crippen molar-refractivity contribution in [2.75, 3.05) is 12.4 Å². The van der Waals surface area contributed by atoms with Crippen LogP contribution in [0.25, 0.3) is 6.08 Å². The van der Waals surface area contributed by atoms with Crippen LogP contribution < -0.4 is 24.9 Å². The molecule has 1 aliphatic heterocycles. The van der Waals surface area contributed by atoms with Crippen LogP contribution in [-0.4, -0.2) is 17.6 Å². The van der Waals surface area contributed by atoms with E-state index in [0.717, 1.165) is 32.6 Å². The highest BCUT2D eigenvalue weighted by molar-refractivity contribution is 9.10. The Labute approximate surface area is 226 Å². The van der Waals surface area contributed by atoms with Crippen LogP contribution in [-0.2, 0) is 4.79 Å². The number of nitrogens with one attached hydrogen (secondary N) is 1. The molecule has 0 aliphatic carbocycles. The number of halogens is 1. The molecule has 8 heteroatoms. The largest absolute Gasteiger partial charge is 0.497 e. The lowest BCUT2D eigenvalue weighted by molar-refractivity contribution is -0.113. The lowest BCUT2D eigenvalue weighted by Gasteiger charge is -2.25. The number of allylic oxidation sites excluding steroid dienone is 1. The first-order valence-corrected chi connectivity index (χ1v) is 13.3. The standard InChI is InChI=1S/C29H24BrN3O3S/c1-17-6-4-5-7-23(17)32-27(34)25-18(2)31-29-33(26(25)20-10-12-21(30)13-11-20)28(35)24(37-29)16-19-8-14-22(36-3)15-9-19/h4-16,26H,1-3H3,(H,32,34)/b24-16+/t26-/m0/s1. The van der Waals surface area contributed by atoms with Gasteiger partial charge in [0.05, 0.1) is 29.0 Å². The van der Waals surface area contributed by atoms with Crippen molar-refractivity contribution in [3.05, 3.63) is 125 Å². The Morgan fingerprint density at radius 3 is 2.43 bits per heavy atom. The predicted octanol–water partition coefficient (Wildman–Crippen LogP) is 4.95. The van der Waals surface area contributed by atoms with Crippen LogP contribution in [0.5, 0.6) is 5.75 Å². The highest BCUT2D eigenvalue weighted by Crippen LogP contribution is 2.31. The van der Waals surface area contributed by atoms with Crippen LogP contribution in [0.15, 0.2) is 98.3 Å². The zero-order chi connectivity index (χ0) is 26.1. The Bertz CT molecular complexity index is 1700. The van der Waals surface area contributed by atoms with E-state index in [-0.39, 0.29) is 11.5 Å². The van der Waals surface area contributed by atoms with Crippen molar-refractivity contribution in [3.63, 3.8) is 0 Å². The Hall–Kier alpha value is -3.75. The summed E-state index contributed by atoms with van der Waals surface area (Å²) in [5.74, 6) is 0.460. The van der Waals surface area contributed by atoms with Crippen LogP contribution in [0.4, 0.5) is 5.69 Å². The maximum absolute atomic E-state index is 13.8. The minimum atomic E-state index is -0.619. The van der Waals surface area contributed by atoms with Crippen molar-refractivity contribution in [1.29, 1.82) is 0 Å². The molecule has 6 nitrogen and oxygen atoms in total. The van der Waals surface area contributed by atoms with E-state index in [1.165, 1.54) is 11.3 Å². The van der Waals surface area contributed by atoms with E-state index in [0.29, 0.717) is 20.6 Å². The normalized spacial score (nSPS) is 15.2. The number of carbonyl (C=O) groups excluding carboxylic acids is 1. The number of thiazole rings is 1. The van der Waals surface area contributed by atoms with Crippen molar-refractivity contribution in [2.24, 2.45) is 4.99 Å². The number of nitrogens with zero attached hydrogens (tertiary/aromatic N) is 2. The Kier molecular flexibility index (Phi) is 6.95. The summed E-state index contributed by atoms with van der Waals surface area (Å²) in [6.07, 6.45) is 1.84. The molecule has 0 radical (unpaired) electrons. The molecule has 0 spiro atoms. The molecule has 0 bridgehead atoms. The highest BCUT2D eigenvalue weighted by atomic mass is 79.9. The lowest BCUT2D eigenvalue weighted by atomic mass is 9.95. The summed E-state index contributed by atoms with van der Waals surface area (Å²) in [7, 11) is 1.62. The number of ether oxygens (including phenoxy) is 1. The molecular weight excluding hydrogens is 550 g/mol. The highest BCUT2D eigenvalue weighted by Gasteiger charge is 2.32. The number of aryl methyl sites for hydroxylation is 1. The van der Waals surface area contributed by atoms with Gasteiger partial charge in [0.15, 0.2) is 4.80 Å². The number of methoxy groups -OCH3 is 1. The van der Waals surface area contributed by atoms with E-state index in [4.69, 9.17) is 9.73 Å². The predicted molar refractivity (Wildman–Crippen MR) is 151 cm³/mol. The van der Waals surface area contributed by atoms with Crippen molar-refractivity contribution in [1.82, 2.24) is 4.57 Å². The number of amides is 1. The lowest BCUT2D eigenvalue weighted by Crippen LogP contribution is -2.40. The molecule has 1 atom stereocenters. The number of aromatic nitrogens is 1. The Morgan fingerprint density at radius 1 is 1.05 bits per heavy atom. The first kappa shape index (κ1) is 24.9. The Morgan fingerprint density at radius 2 is 1.76 bits per heavy atom. The number of rotatable bonds is 5. The third-order valence-corrected chi connectivity index (χ3v) is 7.77. The van der Waals surface area contributed by atoms with Gasteiger partial charge in [0.1, 0.15) is 5.75 Å². The Balaban J connectivity index is 1.65. The van der Waals surface area contributed by atoms with Gasteiger partial charge in [-0.2, -0.15) is 0 Å². The second kappa shape index (κ2) is 10.3. The minimum Gasteiger partial charge on any atom is -0.497 e. The zero-order valence-corrected chi connectivity index (χ0v) is 22.9. The van der Waals surface area contributed by atoms with Crippen molar-refractivity contribution < 1.29 is 9.53 Å². The molecule has 1 N–H and O–H groups in total. The summed E-state index contributed by atoms with van der Waals surface area (Å²) < 4.78 is 8.32. The molecule has 1 aliphatic rings. The molecule has 4 aromatic rings. The molecule has 3 aromatic carbocycles. The van der Waals surface area contributed by atoms with E-state index in [1.807, 2.05) is 92.7 Å². The first-order chi connectivity index (χ1) is 17.9. The maximum atomic E-state index is 13.8. The number of hydrogen-bond acceptors (Lipinski definition) is 5. The van der Waals surface area contributed by atoms with Crippen molar-refractivity contribution in [3.8, 4) is 5.75 Å². The van der Waals surface area contributed by atoms with Gasteiger partial charge in [0.25, 0.3) is 11.5 Å². The first-order valence-electron chi connectivity index (χ1n) is 11.6. The molecule has 0 saturated heterocycles. The zero-order valence-electron chi connectivity index (χ0n) is 20.5. The summed E-state index contributed by atoms with van der Waals surface area (Å²) in [5, 5.41) is 3.03. The molecule has 1 aromatic heterocycles.